The van der Waals surface area contributed by atoms with Gasteiger partial charge in [-0.3, -0.25) is 0 Å². The third kappa shape index (κ3) is 2.94. The molecule has 0 aliphatic heterocycles. The molecule has 0 fully saturated rings. The maximum absolute atomic E-state index is 4.54. The highest BCUT2D eigenvalue weighted by Gasteiger charge is 2.13. The lowest BCUT2D eigenvalue weighted by atomic mass is 10.0. The molecule has 0 aliphatic rings. The highest BCUT2D eigenvalue weighted by Crippen LogP contribution is 2.37. The standard InChI is InChI=1S/C23H17N3S/c1-15-6-8-17(9-7-15)20-13-27-23-21(20)22(24-14-25-23)26-19-11-10-16-4-2-3-5-18(16)12-19/h2-14H,1H3,(H,24,25,26). The zero-order chi connectivity index (χ0) is 18.2. The molecule has 27 heavy (non-hydrogen) atoms. The van der Waals surface area contributed by atoms with Gasteiger partial charge in [-0.25, -0.2) is 9.97 Å². The third-order valence-electron chi connectivity index (χ3n) is 4.75. The monoisotopic (exact) mass is 367 g/mol. The lowest BCUT2D eigenvalue weighted by Gasteiger charge is -2.09. The highest BCUT2D eigenvalue weighted by molar-refractivity contribution is 7.17. The first-order valence-corrected chi connectivity index (χ1v) is 9.71. The second kappa shape index (κ2) is 6.49. The number of thiophene rings is 1. The third-order valence-corrected chi connectivity index (χ3v) is 5.63. The van der Waals surface area contributed by atoms with E-state index in [1.165, 1.54) is 27.5 Å². The Balaban J connectivity index is 1.62. The average molecular weight is 367 g/mol. The number of benzene rings is 3. The van der Waals surface area contributed by atoms with Gasteiger partial charge in [-0.05, 0) is 35.4 Å². The second-order valence-electron chi connectivity index (χ2n) is 6.60. The lowest BCUT2D eigenvalue weighted by molar-refractivity contribution is 1.23. The van der Waals surface area contributed by atoms with Crippen LogP contribution in [0.5, 0.6) is 0 Å². The van der Waals surface area contributed by atoms with Crippen LogP contribution in [0.1, 0.15) is 5.56 Å². The molecule has 0 saturated heterocycles. The fourth-order valence-corrected chi connectivity index (χ4v) is 4.24. The van der Waals surface area contributed by atoms with E-state index in [9.17, 15) is 0 Å². The quantitative estimate of drug-likeness (QED) is 0.392. The van der Waals surface area contributed by atoms with Gasteiger partial charge in [-0.1, -0.05) is 60.2 Å². The molecule has 0 bridgehead atoms. The zero-order valence-electron chi connectivity index (χ0n) is 14.8. The molecule has 3 nitrogen and oxygen atoms in total. The second-order valence-corrected chi connectivity index (χ2v) is 7.46. The molecule has 0 saturated carbocycles. The summed E-state index contributed by atoms with van der Waals surface area (Å²) in [6.07, 6.45) is 1.63. The van der Waals surface area contributed by atoms with Crippen molar-refractivity contribution in [2.24, 2.45) is 0 Å². The summed E-state index contributed by atoms with van der Waals surface area (Å²) in [6, 6.07) is 23.3. The largest absolute Gasteiger partial charge is 0.340 e. The molecule has 130 valence electrons. The Morgan fingerprint density at radius 1 is 0.852 bits per heavy atom. The van der Waals surface area contributed by atoms with Gasteiger partial charge in [0.05, 0.1) is 5.39 Å². The first kappa shape index (κ1) is 16.0. The highest BCUT2D eigenvalue weighted by atomic mass is 32.1. The smallest absolute Gasteiger partial charge is 0.143 e. The maximum atomic E-state index is 4.54. The molecule has 5 aromatic rings. The van der Waals surface area contributed by atoms with Crippen LogP contribution in [0.25, 0.3) is 32.1 Å². The van der Waals surface area contributed by atoms with Crippen molar-refractivity contribution >= 4 is 43.8 Å². The first-order chi connectivity index (χ1) is 13.3. The molecule has 5 rings (SSSR count). The first-order valence-electron chi connectivity index (χ1n) is 8.83. The van der Waals surface area contributed by atoms with E-state index in [1.54, 1.807) is 17.7 Å². The molecule has 0 atom stereocenters. The molecular formula is C23H17N3S. The van der Waals surface area contributed by atoms with Gasteiger partial charge in [0.2, 0.25) is 0 Å². The van der Waals surface area contributed by atoms with Gasteiger partial charge in [-0.15, -0.1) is 11.3 Å². The molecule has 0 radical (unpaired) electrons. The number of aromatic nitrogens is 2. The van der Waals surface area contributed by atoms with E-state index in [-0.39, 0.29) is 0 Å². The van der Waals surface area contributed by atoms with Crippen LogP contribution < -0.4 is 5.32 Å². The molecule has 4 heteroatoms. The van der Waals surface area contributed by atoms with Gasteiger partial charge in [0.25, 0.3) is 0 Å². The van der Waals surface area contributed by atoms with Gasteiger partial charge in [0.15, 0.2) is 0 Å². The molecule has 2 aromatic heterocycles. The van der Waals surface area contributed by atoms with Crippen molar-refractivity contribution in [3.05, 3.63) is 84.0 Å². The number of hydrogen-bond donors (Lipinski definition) is 1. The van der Waals surface area contributed by atoms with E-state index in [2.05, 4.69) is 94.3 Å². The number of fused-ring (bicyclic) bond motifs is 2. The Bertz CT molecular complexity index is 1260. The normalized spacial score (nSPS) is 11.1. The van der Waals surface area contributed by atoms with Crippen molar-refractivity contribution in [3.8, 4) is 11.1 Å². The number of anilines is 2. The van der Waals surface area contributed by atoms with Gasteiger partial charge >= 0.3 is 0 Å². The molecular weight excluding hydrogens is 350 g/mol. The van der Waals surface area contributed by atoms with Gasteiger partial charge < -0.3 is 5.32 Å². The van der Waals surface area contributed by atoms with Crippen LogP contribution in [-0.2, 0) is 0 Å². The van der Waals surface area contributed by atoms with Crippen molar-refractivity contribution in [1.29, 1.82) is 0 Å². The Labute approximate surface area is 161 Å². The van der Waals surface area contributed by atoms with E-state index in [4.69, 9.17) is 0 Å². The summed E-state index contributed by atoms with van der Waals surface area (Å²) in [5.74, 6) is 0.840. The van der Waals surface area contributed by atoms with Gasteiger partial charge in [0, 0.05) is 16.6 Å². The summed E-state index contributed by atoms with van der Waals surface area (Å²) in [6.45, 7) is 2.10. The number of hydrogen-bond acceptors (Lipinski definition) is 4. The van der Waals surface area contributed by atoms with E-state index in [1.807, 2.05) is 0 Å². The summed E-state index contributed by atoms with van der Waals surface area (Å²) in [7, 11) is 0. The molecule has 0 amide bonds. The summed E-state index contributed by atoms with van der Waals surface area (Å²) >= 11 is 1.65. The molecule has 3 aromatic carbocycles. The lowest BCUT2D eigenvalue weighted by Crippen LogP contribution is -1.95. The minimum atomic E-state index is 0.840. The SMILES string of the molecule is Cc1ccc(-c2csc3ncnc(Nc4ccc5ccccc5c4)c23)cc1. The Kier molecular flexibility index (Phi) is 3.84. The fourth-order valence-electron chi connectivity index (χ4n) is 3.32. The van der Waals surface area contributed by atoms with Crippen molar-refractivity contribution in [2.45, 2.75) is 6.92 Å². The van der Waals surface area contributed by atoms with Crippen molar-refractivity contribution in [3.63, 3.8) is 0 Å². The summed E-state index contributed by atoms with van der Waals surface area (Å²) in [4.78, 5) is 10.00. The number of nitrogens with one attached hydrogen (secondary N) is 1. The molecule has 1 N–H and O–H groups in total. The summed E-state index contributed by atoms with van der Waals surface area (Å²) in [5, 5.41) is 9.17. The van der Waals surface area contributed by atoms with Crippen LogP contribution in [0, 0.1) is 6.92 Å². The van der Waals surface area contributed by atoms with Gasteiger partial charge in [0.1, 0.15) is 17.0 Å². The molecule has 0 spiro atoms. The predicted molar refractivity (Wildman–Crippen MR) is 115 cm³/mol. The fraction of sp³-hybridized carbons (Fsp3) is 0.0435. The van der Waals surface area contributed by atoms with Crippen LogP contribution in [0.15, 0.2) is 78.4 Å². The van der Waals surface area contributed by atoms with E-state index < -0.39 is 0 Å². The van der Waals surface area contributed by atoms with Crippen LogP contribution in [-0.4, -0.2) is 9.97 Å². The van der Waals surface area contributed by atoms with Gasteiger partial charge in [-0.2, -0.15) is 0 Å². The van der Waals surface area contributed by atoms with Crippen molar-refractivity contribution < 1.29 is 0 Å². The summed E-state index contributed by atoms with van der Waals surface area (Å²) < 4.78 is 0. The van der Waals surface area contributed by atoms with Crippen molar-refractivity contribution in [2.75, 3.05) is 5.32 Å². The van der Waals surface area contributed by atoms with Crippen LogP contribution in [0.3, 0.4) is 0 Å². The topological polar surface area (TPSA) is 37.8 Å². The number of nitrogens with zero attached hydrogens (tertiary/aromatic N) is 2. The molecule has 0 aliphatic carbocycles. The van der Waals surface area contributed by atoms with E-state index in [0.29, 0.717) is 0 Å². The molecule has 0 unspecified atom stereocenters. The molecule has 2 heterocycles. The zero-order valence-corrected chi connectivity index (χ0v) is 15.6. The van der Waals surface area contributed by atoms with Crippen LogP contribution in [0.4, 0.5) is 11.5 Å². The number of aryl methyl sites for hydroxylation is 1. The van der Waals surface area contributed by atoms with Crippen molar-refractivity contribution in [1.82, 2.24) is 9.97 Å². The van der Waals surface area contributed by atoms with E-state index in [0.717, 1.165) is 21.7 Å². The minimum Gasteiger partial charge on any atom is -0.340 e. The average Bonchev–Trinajstić information content (AvgIpc) is 3.14. The predicted octanol–water partition coefficient (Wildman–Crippen LogP) is 6.56. The Morgan fingerprint density at radius 2 is 1.67 bits per heavy atom. The minimum absolute atomic E-state index is 0.840. The van der Waals surface area contributed by atoms with Crippen LogP contribution in [0.2, 0.25) is 0 Å². The van der Waals surface area contributed by atoms with E-state index >= 15 is 0 Å². The number of rotatable bonds is 3. The van der Waals surface area contributed by atoms with Crippen LogP contribution >= 0.6 is 11.3 Å². The Morgan fingerprint density at radius 3 is 2.52 bits per heavy atom. The summed E-state index contributed by atoms with van der Waals surface area (Å²) in [5.41, 5.74) is 4.63. The Hall–Kier alpha value is -3.24. The maximum Gasteiger partial charge on any atom is 0.143 e.